The van der Waals surface area contributed by atoms with Crippen LogP contribution >= 0.6 is 10.7 Å². The lowest BCUT2D eigenvalue weighted by molar-refractivity contribution is -0.131. The van der Waals surface area contributed by atoms with Crippen molar-refractivity contribution in [2.24, 2.45) is 0 Å². The van der Waals surface area contributed by atoms with Crippen LogP contribution in [-0.4, -0.2) is 41.9 Å². The summed E-state index contributed by atoms with van der Waals surface area (Å²) in [6.07, 6.45) is 0.769. The Bertz CT molecular complexity index is 717. The number of hydrogen-bond acceptors (Lipinski definition) is 5. The number of aromatic amines is 1. The molecule has 20 heavy (non-hydrogen) atoms. The standard InChI is InChI=1S/C10H14ClN3O5S/c1-3-13(4-2)8(15)6-14-5-7(20(11,18)19)9(16)12-10(14)17/h5H,3-4,6H2,1-2H3,(H,12,16,17). The molecule has 1 aromatic heterocycles. The van der Waals surface area contributed by atoms with Crippen LogP contribution < -0.4 is 11.2 Å². The third-order valence-corrected chi connectivity index (χ3v) is 3.98. The number of nitrogens with one attached hydrogen (secondary N) is 1. The van der Waals surface area contributed by atoms with Crippen molar-refractivity contribution in [3.8, 4) is 0 Å². The van der Waals surface area contributed by atoms with E-state index in [9.17, 15) is 22.8 Å². The largest absolute Gasteiger partial charge is 0.342 e. The highest BCUT2D eigenvalue weighted by molar-refractivity contribution is 8.13. The minimum atomic E-state index is -4.30. The summed E-state index contributed by atoms with van der Waals surface area (Å²) in [7, 11) is 0.787. The third-order valence-electron chi connectivity index (χ3n) is 2.66. The fraction of sp³-hybridized carbons (Fsp3) is 0.500. The van der Waals surface area contributed by atoms with Crippen molar-refractivity contribution < 1.29 is 13.2 Å². The van der Waals surface area contributed by atoms with Crippen LogP contribution in [0.1, 0.15) is 13.8 Å². The van der Waals surface area contributed by atoms with Gasteiger partial charge in [0.1, 0.15) is 6.54 Å². The molecule has 1 rings (SSSR count). The summed E-state index contributed by atoms with van der Waals surface area (Å²) in [4.78, 5) is 37.3. The maximum Gasteiger partial charge on any atom is 0.328 e. The first-order chi connectivity index (χ1) is 9.20. The highest BCUT2D eigenvalue weighted by Gasteiger charge is 2.19. The van der Waals surface area contributed by atoms with Crippen LogP contribution in [0.3, 0.4) is 0 Å². The summed E-state index contributed by atoms with van der Waals surface area (Å²) < 4.78 is 23.2. The normalized spacial score (nSPS) is 11.3. The van der Waals surface area contributed by atoms with Crippen molar-refractivity contribution in [1.82, 2.24) is 14.5 Å². The molecule has 0 atom stereocenters. The molecule has 10 heteroatoms. The fourth-order valence-electron chi connectivity index (χ4n) is 1.60. The van der Waals surface area contributed by atoms with Crippen molar-refractivity contribution >= 4 is 25.6 Å². The number of nitrogens with zero attached hydrogens (tertiary/aromatic N) is 2. The number of likely N-dealkylation sites (N-methyl/N-ethyl adjacent to an activating group) is 1. The van der Waals surface area contributed by atoms with E-state index in [4.69, 9.17) is 10.7 Å². The lowest BCUT2D eigenvalue weighted by Crippen LogP contribution is -2.39. The van der Waals surface area contributed by atoms with E-state index in [1.54, 1.807) is 13.8 Å². The summed E-state index contributed by atoms with van der Waals surface area (Å²) in [6.45, 7) is 4.07. The van der Waals surface area contributed by atoms with Crippen LogP contribution in [0.4, 0.5) is 0 Å². The van der Waals surface area contributed by atoms with Gasteiger partial charge in [-0.25, -0.2) is 13.2 Å². The van der Waals surface area contributed by atoms with Crippen molar-refractivity contribution in [3.05, 3.63) is 27.0 Å². The summed E-state index contributed by atoms with van der Waals surface area (Å²) in [5, 5.41) is 0. The van der Waals surface area contributed by atoms with Crippen LogP contribution in [-0.2, 0) is 20.4 Å². The first kappa shape index (κ1) is 16.4. The zero-order valence-corrected chi connectivity index (χ0v) is 12.5. The summed E-state index contributed by atoms with van der Waals surface area (Å²) in [5.74, 6) is -0.373. The number of H-pyrrole nitrogens is 1. The lowest BCUT2D eigenvalue weighted by atomic mass is 10.4. The second-order valence-corrected chi connectivity index (χ2v) is 6.42. The molecule has 0 bridgehead atoms. The zero-order chi connectivity index (χ0) is 15.5. The number of halogens is 1. The average Bonchev–Trinajstić information content (AvgIpc) is 2.32. The Morgan fingerprint density at radius 3 is 2.35 bits per heavy atom. The molecule has 1 heterocycles. The van der Waals surface area contributed by atoms with Gasteiger partial charge in [0.2, 0.25) is 5.91 Å². The van der Waals surface area contributed by atoms with Crippen LogP contribution in [0.15, 0.2) is 20.7 Å². The average molecular weight is 324 g/mol. The monoisotopic (exact) mass is 323 g/mol. The quantitative estimate of drug-likeness (QED) is 0.723. The predicted molar refractivity (Wildman–Crippen MR) is 72.3 cm³/mol. The Morgan fingerprint density at radius 2 is 1.90 bits per heavy atom. The van der Waals surface area contributed by atoms with E-state index in [2.05, 4.69) is 0 Å². The second-order valence-electron chi connectivity index (χ2n) is 3.88. The molecule has 0 aliphatic carbocycles. The molecule has 8 nitrogen and oxygen atoms in total. The van der Waals surface area contributed by atoms with E-state index in [1.807, 2.05) is 4.98 Å². The minimum absolute atomic E-state index is 0.373. The molecule has 1 amide bonds. The van der Waals surface area contributed by atoms with Gasteiger partial charge in [0.05, 0.1) is 0 Å². The maximum absolute atomic E-state index is 11.9. The van der Waals surface area contributed by atoms with Gasteiger partial charge in [0.25, 0.3) is 14.6 Å². The Kier molecular flexibility index (Phi) is 5.12. The van der Waals surface area contributed by atoms with E-state index < -0.39 is 25.2 Å². The molecule has 0 spiro atoms. The van der Waals surface area contributed by atoms with Gasteiger partial charge in [-0.2, -0.15) is 0 Å². The van der Waals surface area contributed by atoms with Gasteiger partial charge in [-0.1, -0.05) is 0 Å². The van der Waals surface area contributed by atoms with Gasteiger partial charge in [-0.3, -0.25) is 19.1 Å². The maximum atomic E-state index is 11.9. The number of rotatable bonds is 5. The number of amides is 1. The van der Waals surface area contributed by atoms with Crippen LogP contribution in [0.25, 0.3) is 0 Å². The predicted octanol–water partition coefficient (Wildman–Crippen LogP) is -0.667. The van der Waals surface area contributed by atoms with Crippen molar-refractivity contribution in [1.29, 1.82) is 0 Å². The fourth-order valence-corrected chi connectivity index (χ4v) is 2.46. The van der Waals surface area contributed by atoms with Crippen LogP contribution in [0.5, 0.6) is 0 Å². The molecule has 1 N–H and O–H groups in total. The van der Waals surface area contributed by atoms with E-state index in [0.29, 0.717) is 13.1 Å². The minimum Gasteiger partial charge on any atom is -0.342 e. The number of carbonyl (C=O) groups excluding carboxylic acids is 1. The summed E-state index contributed by atoms with van der Waals surface area (Å²) in [5.41, 5.74) is -1.99. The molecule has 0 aliphatic heterocycles. The number of aromatic nitrogens is 2. The zero-order valence-electron chi connectivity index (χ0n) is 10.9. The van der Waals surface area contributed by atoms with Gasteiger partial charge in [0, 0.05) is 30.0 Å². The smallest absolute Gasteiger partial charge is 0.328 e. The highest BCUT2D eigenvalue weighted by Crippen LogP contribution is 2.07. The van der Waals surface area contributed by atoms with E-state index in [-0.39, 0.29) is 12.5 Å². The van der Waals surface area contributed by atoms with Gasteiger partial charge in [-0.15, -0.1) is 0 Å². The molecule has 0 fully saturated rings. The topological polar surface area (TPSA) is 109 Å². The third kappa shape index (κ3) is 3.70. The van der Waals surface area contributed by atoms with Gasteiger partial charge in [0.15, 0.2) is 4.90 Å². The van der Waals surface area contributed by atoms with E-state index in [1.165, 1.54) is 4.90 Å². The molecule has 0 saturated carbocycles. The molecule has 0 unspecified atom stereocenters. The molecule has 1 aromatic rings. The highest BCUT2D eigenvalue weighted by atomic mass is 35.7. The molecule has 0 aromatic carbocycles. The van der Waals surface area contributed by atoms with Crippen LogP contribution in [0, 0.1) is 0 Å². The summed E-state index contributed by atoms with van der Waals surface area (Å²) in [6, 6.07) is 0. The molecule has 112 valence electrons. The van der Waals surface area contributed by atoms with Gasteiger partial charge < -0.3 is 4.90 Å². The van der Waals surface area contributed by atoms with Crippen molar-refractivity contribution in [2.75, 3.05) is 13.1 Å². The number of carbonyl (C=O) groups is 1. The van der Waals surface area contributed by atoms with Gasteiger partial charge in [-0.05, 0) is 13.8 Å². The number of hydrogen-bond donors (Lipinski definition) is 1. The van der Waals surface area contributed by atoms with Gasteiger partial charge >= 0.3 is 5.69 Å². The SMILES string of the molecule is CCN(CC)C(=O)Cn1cc(S(=O)(=O)Cl)c(=O)[nH]c1=O. The molecule has 0 aliphatic rings. The second kappa shape index (κ2) is 6.23. The Morgan fingerprint density at radius 1 is 1.35 bits per heavy atom. The van der Waals surface area contributed by atoms with E-state index in [0.717, 1.165) is 10.8 Å². The molecule has 0 saturated heterocycles. The molecular formula is C10H14ClN3O5S. The van der Waals surface area contributed by atoms with Crippen molar-refractivity contribution in [3.63, 3.8) is 0 Å². The van der Waals surface area contributed by atoms with Crippen molar-refractivity contribution in [2.45, 2.75) is 25.3 Å². The lowest BCUT2D eigenvalue weighted by Gasteiger charge is -2.18. The molecule has 0 radical (unpaired) electrons. The molecular weight excluding hydrogens is 310 g/mol. The van der Waals surface area contributed by atoms with E-state index >= 15 is 0 Å². The Labute approximate surface area is 119 Å². The first-order valence-electron chi connectivity index (χ1n) is 5.76. The van der Waals surface area contributed by atoms with Crippen LogP contribution in [0.2, 0.25) is 0 Å². The summed E-state index contributed by atoms with van der Waals surface area (Å²) >= 11 is 0. The first-order valence-corrected chi connectivity index (χ1v) is 8.07. The Hall–Kier alpha value is -1.61. The Balaban J connectivity index is 3.24.